The van der Waals surface area contributed by atoms with Gasteiger partial charge in [-0.1, -0.05) is 19.1 Å². The zero-order chi connectivity index (χ0) is 29.1. The first kappa shape index (κ1) is 30.0. The standard InChI is InChI=1S/C32H36F6O3/c1-19-17-39-31(40-18-19)22-4-2-20(3-5-22)23-8-12-26(28(34)14-23)21-6-9-24(10-7-21)32(37,38)41-25-11-13-27(29(35)15-25)30(36)16-33/h8,11-16,19-22,24,31H,2-7,9-10,17-18H2,1H3/b30-16-. The third-order valence-electron chi connectivity index (χ3n) is 8.93. The average molecular weight is 583 g/mol. The highest BCUT2D eigenvalue weighted by Gasteiger charge is 2.44. The van der Waals surface area contributed by atoms with E-state index in [0.717, 1.165) is 56.6 Å². The molecular formula is C32H36F6O3. The Morgan fingerprint density at radius 2 is 1.51 bits per heavy atom. The Kier molecular flexibility index (Phi) is 9.33. The van der Waals surface area contributed by atoms with Crippen LogP contribution in [0.25, 0.3) is 5.83 Å². The van der Waals surface area contributed by atoms with E-state index in [1.165, 1.54) is 0 Å². The molecule has 1 heterocycles. The number of alkyl halides is 2. The Labute approximate surface area is 236 Å². The molecule has 5 rings (SSSR count). The minimum Gasteiger partial charge on any atom is -0.432 e. The highest BCUT2D eigenvalue weighted by atomic mass is 19.3. The third-order valence-corrected chi connectivity index (χ3v) is 8.93. The van der Waals surface area contributed by atoms with Crippen molar-refractivity contribution in [2.75, 3.05) is 13.2 Å². The van der Waals surface area contributed by atoms with E-state index in [-0.39, 0.29) is 36.8 Å². The highest BCUT2D eigenvalue weighted by Crippen LogP contribution is 2.45. The van der Waals surface area contributed by atoms with Gasteiger partial charge in [-0.3, -0.25) is 0 Å². The molecule has 41 heavy (non-hydrogen) atoms. The maximum atomic E-state index is 15.3. The van der Waals surface area contributed by atoms with Gasteiger partial charge in [0.25, 0.3) is 0 Å². The topological polar surface area (TPSA) is 27.7 Å². The maximum Gasteiger partial charge on any atom is 0.400 e. The van der Waals surface area contributed by atoms with Gasteiger partial charge < -0.3 is 14.2 Å². The van der Waals surface area contributed by atoms with Crippen LogP contribution in [0, 0.1) is 29.4 Å². The first-order valence-corrected chi connectivity index (χ1v) is 14.5. The number of rotatable bonds is 7. The van der Waals surface area contributed by atoms with Crippen molar-refractivity contribution in [1.29, 1.82) is 0 Å². The molecule has 9 heteroatoms. The minimum absolute atomic E-state index is 0.104. The Morgan fingerprint density at radius 3 is 2.12 bits per heavy atom. The second-order valence-electron chi connectivity index (χ2n) is 11.8. The van der Waals surface area contributed by atoms with Gasteiger partial charge in [0, 0.05) is 23.5 Å². The van der Waals surface area contributed by atoms with Gasteiger partial charge in [-0.25, -0.2) is 17.6 Å². The zero-order valence-electron chi connectivity index (χ0n) is 23.1. The number of ether oxygens (including phenoxy) is 3. The SMILES string of the molecule is CC1COC(C2CCC(c3ccc(C4CCC(C(F)(F)Oc5ccc(/C(F)=C/F)c(F)c5)CC4)c(F)c3)CC2)OC1. The monoisotopic (exact) mass is 582 g/mol. The summed E-state index contributed by atoms with van der Waals surface area (Å²) in [5, 5.41) is 0. The van der Waals surface area contributed by atoms with E-state index in [4.69, 9.17) is 14.2 Å². The average Bonchev–Trinajstić information content (AvgIpc) is 2.97. The number of hydrogen-bond donors (Lipinski definition) is 0. The summed E-state index contributed by atoms with van der Waals surface area (Å²) in [5.74, 6) is -3.69. The molecule has 1 aliphatic heterocycles. The lowest BCUT2D eigenvalue weighted by atomic mass is 9.76. The maximum absolute atomic E-state index is 15.3. The van der Waals surface area contributed by atoms with E-state index < -0.39 is 41.3 Å². The quantitative estimate of drug-likeness (QED) is 0.305. The van der Waals surface area contributed by atoms with E-state index in [0.29, 0.717) is 36.3 Å². The molecule has 3 aliphatic rings. The molecule has 0 bridgehead atoms. The molecule has 0 spiro atoms. The highest BCUT2D eigenvalue weighted by molar-refractivity contribution is 5.59. The molecule has 0 N–H and O–H groups in total. The van der Waals surface area contributed by atoms with Crippen LogP contribution in [-0.4, -0.2) is 25.6 Å². The fraction of sp³-hybridized carbons (Fsp3) is 0.562. The fourth-order valence-corrected chi connectivity index (χ4v) is 6.53. The van der Waals surface area contributed by atoms with Gasteiger partial charge in [-0.05, 0) is 92.5 Å². The Balaban J connectivity index is 1.14. The summed E-state index contributed by atoms with van der Waals surface area (Å²) < 4.78 is 101. The van der Waals surface area contributed by atoms with Crippen molar-refractivity contribution >= 4 is 5.83 Å². The van der Waals surface area contributed by atoms with Crippen LogP contribution >= 0.6 is 0 Å². The number of benzene rings is 2. The van der Waals surface area contributed by atoms with Crippen LogP contribution in [0.1, 0.15) is 86.8 Å². The molecule has 3 fully saturated rings. The lowest BCUT2D eigenvalue weighted by molar-refractivity contribution is -0.226. The van der Waals surface area contributed by atoms with E-state index in [2.05, 4.69) is 6.92 Å². The normalized spacial score (nSPS) is 29.8. The van der Waals surface area contributed by atoms with Crippen molar-refractivity contribution in [2.45, 2.75) is 82.5 Å². The molecule has 2 aliphatic carbocycles. The minimum atomic E-state index is -3.60. The van der Waals surface area contributed by atoms with Gasteiger partial charge in [0.2, 0.25) is 0 Å². The van der Waals surface area contributed by atoms with E-state index in [1.54, 1.807) is 12.1 Å². The summed E-state index contributed by atoms with van der Waals surface area (Å²) in [4.78, 5) is 0. The molecule has 1 saturated heterocycles. The summed E-state index contributed by atoms with van der Waals surface area (Å²) >= 11 is 0. The van der Waals surface area contributed by atoms with Crippen LogP contribution in [0.5, 0.6) is 5.75 Å². The second kappa shape index (κ2) is 12.8. The summed E-state index contributed by atoms with van der Waals surface area (Å²) in [6.45, 7) is 3.55. The molecule has 224 valence electrons. The van der Waals surface area contributed by atoms with Gasteiger partial charge in [-0.2, -0.15) is 8.78 Å². The molecule has 0 atom stereocenters. The molecular weight excluding hydrogens is 546 g/mol. The van der Waals surface area contributed by atoms with Crippen molar-refractivity contribution < 1.29 is 40.6 Å². The van der Waals surface area contributed by atoms with E-state index in [9.17, 15) is 22.0 Å². The molecule has 0 unspecified atom stereocenters. The molecule has 0 radical (unpaired) electrons. The first-order chi connectivity index (χ1) is 19.6. The van der Waals surface area contributed by atoms with E-state index in [1.807, 2.05) is 6.07 Å². The molecule has 2 aromatic carbocycles. The number of hydrogen-bond acceptors (Lipinski definition) is 3. The lowest BCUT2D eigenvalue weighted by Crippen LogP contribution is -2.37. The van der Waals surface area contributed by atoms with Crippen LogP contribution in [0.3, 0.4) is 0 Å². The Bertz CT molecular complexity index is 1210. The van der Waals surface area contributed by atoms with Gasteiger partial charge in [-0.15, -0.1) is 0 Å². The van der Waals surface area contributed by atoms with Crippen LogP contribution in [0.15, 0.2) is 42.7 Å². The third kappa shape index (κ3) is 6.94. The van der Waals surface area contributed by atoms with E-state index >= 15 is 4.39 Å². The van der Waals surface area contributed by atoms with Gasteiger partial charge in [0.05, 0.1) is 19.1 Å². The largest absolute Gasteiger partial charge is 0.432 e. The van der Waals surface area contributed by atoms with Crippen molar-refractivity contribution in [3.8, 4) is 5.75 Å². The summed E-state index contributed by atoms with van der Waals surface area (Å²) in [5.41, 5.74) is 0.837. The zero-order valence-corrected chi connectivity index (χ0v) is 23.1. The van der Waals surface area contributed by atoms with Crippen LogP contribution in [0.4, 0.5) is 26.3 Å². The smallest absolute Gasteiger partial charge is 0.400 e. The fourth-order valence-electron chi connectivity index (χ4n) is 6.53. The van der Waals surface area contributed by atoms with Gasteiger partial charge >= 0.3 is 6.11 Å². The molecule has 2 saturated carbocycles. The van der Waals surface area contributed by atoms with Gasteiger partial charge in [0.15, 0.2) is 12.1 Å². The summed E-state index contributed by atoms with van der Waals surface area (Å²) in [6.07, 6.45) is 0.612. The Hall–Kier alpha value is -2.52. The Morgan fingerprint density at radius 1 is 0.854 bits per heavy atom. The predicted molar refractivity (Wildman–Crippen MR) is 143 cm³/mol. The van der Waals surface area contributed by atoms with Crippen LogP contribution < -0.4 is 4.74 Å². The first-order valence-electron chi connectivity index (χ1n) is 14.5. The molecule has 3 nitrogen and oxygen atoms in total. The van der Waals surface area contributed by atoms with Crippen molar-refractivity contribution in [2.24, 2.45) is 17.8 Å². The van der Waals surface area contributed by atoms with Gasteiger partial charge in [0.1, 0.15) is 23.7 Å². The van der Waals surface area contributed by atoms with Crippen molar-refractivity contribution in [3.63, 3.8) is 0 Å². The predicted octanol–water partition coefficient (Wildman–Crippen LogP) is 9.43. The molecule has 2 aromatic rings. The second-order valence-corrected chi connectivity index (χ2v) is 11.8. The number of halogens is 6. The van der Waals surface area contributed by atoms with Crippen molar-refractivity contribution in [1.82, 2.24) is 0 Å². The van der Waals surface area contributed by atoms with Crippen LogP contribution in [0.2, 0.25) is 0 Å². The summed E-state index contributed by atoms with van der Waals surface area (Å²) in [7, 11) is 0. The van der Waals surface area contributed by atoms with Crippen molar-refractivity contribution in [3.05, 3.63) is 71.1 Å². The van der Waals surface area contributed by atoms with Crippen LogP contribution in [-0.2, 0) is 9.47 Å². The summed E-state index contributed by atoms with van der Waals surface area (Å²) in [6, 6.07) is 7.82. The lowest BCUT2D eigenvalue weighted by Gasteiger charge is -2.37. The molecule has 0 amide bonds. The molecule has 0 aromatic heterocycles.